The van der Waals surface area contributed by atoms with Crippen LogP contribution in [0.25, 0.3) is 0 Å². The van der Waals surface area contributed by atoms with Crippen LogP contribution >= 0.6 is 0 Å². The summed E-state index contributed by atoms with van der Waals surface area (Å²) < 4.78 is 187. The van der Waals surface area contributed by atoms with Gasteiger partial charge in [-0.15, -0.1) is 0 Å². The first-order valence-corrected chi connectivity index (χ1v) is 9.88. The molecule has 29 heavy (non-hydrogen) atoms. The summed E-state index contributed by atoms with van der Waals surface area (Å²) in [6.07, 6.45) is -0.973. The summed E-state index contributed by atoms with van der Waals surface area (Å²) in [4.78, 5) is 14.6. The van der Waals surface area contributed by atoms with E-state index in [-0.39, 0.29) is 31.5 Å². The topological polar surface area (TPSA) is 81.8 Å². The van der Waals surface area contributed by atoms with Gasteiger partial charge in [0.25, 0.3) is 0 Å². The summed E-state index contributed by atoms with van der Waals surface area (Å²) in [6.45, 7) is -15.2. The number of amides is 1. The maximum atomic E-state index is 14.8. The number of carbonyl (C=O) groups excluding carboxylic acids is 1. The standard InChI is InChI=1S/C20H33FN4O3S/c1-16(2)15-29(27,28)22-6-4-5-7-24-8-10-25(11-9-24)20-13-18(21)12-19(14-20)23-17(3)26/h12-14,16,22H,4-11,15H2,1-3H3,(H,23,26)/i1D3,2D3,3D3,7D2,12D,13D,14D,15D2,16D/hD2. The fourth-order valence-electron chi connectivity index (χ4n) is 2.48. The molecule has 1 saturated heterocycles. The predicted molar refractivity (Wildman–Crippen MR) is 115 cm³/mol. The normalized spacial score (nSPS) is 28.1. The van der Waals surface area contributed by atoms with Crippen LogP contribution in [-0.2, 0) is 14.8 Å². The van der Waals surface area contributed by atoms with Gasteiger partial charge in [0.2, 0.25) is 15.9 Å². The minimum absolute atomic E-state index is 0.172. The van der Waals surface area contributed by atoms with Crippen molar-refractivity contribution in [1.29, 1.82) is 0 Å². The third-order valence-corrected chi connectivity index (χ3v) is 4.65. The van der Waals surface area contributed by atoms with E-state index in [1.54, 1.807) is 0 Å². The number of halogens is 1. The molecule has 0 atom stereocenters. The zero-order valence-electron chi connectivity index (χ0n) is 34.2. The van der Waals surface area contributed by atoms with Gasteiger partial charge >= 0.3 is 0 Å². The Morgan fingerprint density at radius 3 is 2.79 bits per heavy atom. The third-order valence-electron chi connectivity index (χ3n) is 3.66. The minimum Gasteiger partial charge on any atom is -0.369 e. The quantitative estimate of drug-likeness (QED) is 0.575. The molecule has 1 fully saturated rings. The van der Waals surface area contributed by atoms with Crippen molar-refractivity contribution in [2.24, 2.45) is 5.89 Å². The van der Waals surface area contributed by atoms with Crippen LogP contribution in [0.1, 0.15) is 56.7 Å². The van der Waals surface area contributed by atoms with E-state index in [4.69, 9.17) is 26.1 Å². The van der Waals surface area contributed by atoms with Gasteiger partial charge in [-0.3, -0.25) is 9.69 Å². The van der Waals surface area contributed by atoms with Crippen LogP contribution in [-0.4, -0.2) is 64.2 Å². The van der Waals surface area contributed by atoms with E-state index in [1.807, 2.05) is 0 Å². The van der Waals surface area contributed by atoms with E-state index in [0.717, 1.165) is 0 Å². The lowest BCUT2D eigenvalue weighted by Gasteiger charge is -2.36. The second-order valence-electron chi connectivity index (χ2n) is 5.84. The minimum atomic E-state index is -5.75. The number of rotatable bonds is 10. The Labute approximate surface area is 200 Å². The molecule has 0 saturated carbocycles. The van der Waals surface area contributed by atoms with Crippen molar-refractivity contribution < 1.29 is 43.7 Å². The van der Waals surface area contributed by atoms with Gasteiger partial charge in [-0.1, -0.05) is 13.7 Å². The Morgan fingerprint density at radius 1 is 1.34 bits per heavy atom. The molecule has 7 nitrogen and oxygen atoms in total. The third kappa shape index (κ3) is 8.67. The van der Waals surface area contributed by atoms with E-state index >= 15 is 0 Å². The summed E-state index contributed by atoms with van der Waals surface area (Å²) in [6, 6.07) is -3.04. The van der Waals surface area contributed by atoms with Crippen LogP contribution in [0.2, 0.25) is 2.82 Å². The van der Waals surface area contributed by atoms with E-state index in [0.29, 0.717) is 0 Å². The molecule has 0 bridgehead atoms. The number of nitrogens with one attached hydrogen (secondary N) is 2. The van der Waals surface area contributed by atoms with Gasteiger partial charge in [0.1, 0.15) is 7.23 Å². The Morgan fingerprint density at radius 2 is 2.10 bits per heavy atom. The zero-order chi connectivity index (χ0) is 37.8. The molecule has 2 rings (SSSR count). The lowest BCUT2D eigenvalue weighted by atomic mass is 10.2. The maximum absolute atomic E-state index is 14.8. The molecule has 1 heterocycles. The molecule has 1 aromatic rings. The number of carbonyl (C=O) groups is 1. The molecule has 0 radical (unpaired) electrons. The summed E-state index contributed by atoms with van der Waals surface area (Å²) in [5.74, 6) is -7.55. The van der Waals surface area contributed by atoms with Gasteiger partial charge in [0.05, 0.1) is 9.82 Å². The number of sulfonamides is 1. The van der Waals surface area contributed by atoms with Crippen molar-refractivity contribution in [3.05, 3.63) is 23.9 Å². The van der Waals surface area contributed by atoms with Crippen molar-refractivity contribution >= 4 is 27.3 Å². The van der Waals surface area contributed by atoms with Gasteiger partial charge in [-0.2, -0.15) is 0 Å². The zero-order valence-corrected chi connectivity index (χ0v) is 16.1. The monoisotopic (exact) mass is 447 g/mol. The lowest BCUT2D eigenvalue weighted by molar-refractivity contribution is -0.114. The number of hydrogen-bond acceptors (Lipinski definition) is 5. The summed E-state index contributed by atoms with van der Waals surface area (Å²) in [5.41, 5.74) is -5.81. The fraction of sp³-hybridized carbons (Fsp3) is 0.650. The van der Waals surface area contributed by atoms with Gasteiger partial charge in [-0.05, 0) is 43.4 Å². The number of piperazine rings is 1. The van der Waals surface area contributed by atoms with Crippen LogP contribution in [0.5, 0.6) is 0 Å². The first-order valence-electron chi connectivity index (χ1n) is 17.8. The highest BCUT2D eigenvalue weighted by atomic mass is 32.2. The molecule has 0 aromatic heterocycles. The fourth-order valence-corrected chi connectivity index (χ4v) is 3.17. The van der Waals surface area contributed by atoms with Crippen molar-refractivity contribution in [2.75, 3.05) is 55.1 Å². The Bertz CT molecular complexity index is 1460. The first-order chi connectivity index (χ1) is 21.3. The average Bonchev–Trinajstić information content (AvgIpc) is 2.93. The number of nitrogens with zero attached hydrogens (tertiary/aromatic N) is 2. The molecule has 2 N–H and O–H groups in total. The molecule has 1 aliphatic heterocycles. The molecule has 1 aromatic carbocycles. The van der Waals surface area contributed by atoms with E-state index in [1.165, 1.54) is 9.80 Å². The highest BCUT2D eigenvalue weighted by Crippen LogP contribution is 2.23. The van der Waals surface area contributed by atoms with Gasteiger partial charge in [0.15, 0.2) is 1.41 Å². The number of benzene rings is 1. The van der Waals surface area contributed by atoms with Crippen LogP contribution in [0.4, 0.5) is 15.8 Å². The molecule has 0 unspecified atom stereocenters. The molecular weight excluding hydrogens is 395 g/mol. The lowest BCUT2D eigenvalue weighted by Crippen LogP contribution is -2.46. The highest BCUT2D eigenvalue weighted by molar-refractivity contribution is 7.89. The van der Waals surface area contributed by atoms with Crippen LogP contribution in [0.3, 0.4) is 0 Å². The molecule has 164 valence electrons. The smallest absolute Gasteiger partial charge is 0.221 e. The molecule has 9 heteroatoms. The van der Waals surface area contributed by atoms with Crippen LogP contribution in [0, 0.1) is 11.7 Å². The molecule has 0 aliphatic carbocycles. The molecule has 0 spiro atoms. The maximum Gasteiger partial charge on any atom is 0.221 e. The SMILES string of the molecule is [2H]c1c(F)c([2H])c(N([2H])C(=O)C([2H])([2H])[2H])c([2H])c1N1CCN(C([2H])([2H])CCCN([2H])S(=O)(=O)C([2H])([2H])C([2H])(C([2H])([2H])[2H])C([2H])([2H])[2H])CC1. The van der Waals surface area contributed by atoms with Gasteiger partial charge < -0.3 is 10.2 Å². The molecule has 1 amide bonds. The van der Waals surface area contributed by atoms with Gasteiger partial charge in [-0.25, -0.2) is 17.5 Å². The van der Waals surface area contributed by atoms with E-state index in [2.05, 4.69) is 0 Å². The van der Waals surface area contributed by atoms with Crippen molar-refractivity contribution in [3.8, 4) is 0 Å². The van der Waals surface area contributed by atoms with Crippen LogP contribution < -0.4 is 14.9 Å². The second-order valence-corrected chi connectivity index (χ2v) is 7.26. The van der Waals surface area contributed by atoms with E-state index < -0.39 is 114 Å². The summed E-state index contributed by atoms with van der Waals surface area (Å²) >= 11 is 0. The predicted octanol–water partition coefficient (Wildman–Crippen LogP) is 2.26. The average molecular weight is 448 g/mol. The van der Waals surface area contributed by atoms with Gasteiger partial charge in [0, 0.05) is 70.1 Å². The Hall–Kier alpha value is -1.71. The summed E-state index contributed by atoms with van der Waals surface area (Å²) in [7, 11) is -5.75. The molecular formula is C20H33FN4O3S. The second kappa shape index (κ2) is 10.9. The highest BCUT2D eigenvalue weighted by Gasteiger charge is 2.18. The van der Waals surface area contributed by atoms with Crippen LogP contribution in [0.15, 0.2) is 18.1 Å². The van der Waals surface area contributed by atoms with E-state index in [9.17, 15) is 17.6 Å². The summed E-state index contributed by atoms with van der Waals surface area (Å²) in [5, 5.41) is -0.309. The van der Waals surface area contributed by atoms with Crippen molar-refractivity contribution in [1.82, 2.24) is 9.62 Å². The number of hydrogen-bond donors (Lipinski definition) is 2. The molecule has 1 aliphatic rings. The Kier molecular flexibility index (Phi) is 3.17. The number of anilines is 2. The van der Waals surface area contributed by atoms with Crippen molar-refractivity contribution in [2.45, 2.75) is 33.4 Å². The van der Waals surface area contributed by atoms with Crippen molar-refractivity contribution in [3.63, 3.8) is 0 Å². The largest absolute Gasteiger partial charge is 0.369 e. The Balaban J connectivity index is 2.21. The first kappa shape index (κ1) is 8.43.